The van der Waals surface area contributed by atoms with Crippen LogP contribution in [-0.2, 0) is 19.5 Å². The molecule has 0 radical (unpaired) electrons. The Morgan fingerprint density at radius 3 is 2.29 bits per heavy atom. The van der Waals surface area contributed by atoms with Crippen LogP contribution in [0.1, 0.15) is 50.6 Å². The van der Waals surface area contributed by atoms with Crippen LogP contribution >= 0.6 is 0 Å². The van der Waals surface area contributed by atoms with E-state index in [9.17, 15) is 14.4 Å². The smallest absolute Gasteiger partial charge is 0.257 e. The van der Waals surface area contributed by atoms with E-state index in [0.29, 0.717) is 31.2 Å². The maximum Gasteiger partial charge on any atom is 0.257 e. The number of hydrogen-bond donors (Lipinski definition) is 2. The zero-order chi connectivity index (χ0) is 24.1. The number of carbonyl (C=O) groups excluding carboxylic acids is 2. The molecule has 0 atom stereocenters. The van der Waals surface area contributed by atoms with Crippen molar-refractivity contribution in [3.63, 3.8) is 0 Å². The normalized spacial score (nSPS) is 12.9. The minimum absolute atomic E-state index is 0.0307. The van der Waals surface area contributed by atoms with E-state index >= 15 is 0 Å². The van der Waals surface area contributed by atoms with Gasteiger partial charge >= 0.3 is 0 Å². The first-order valence-corrected chi connectivity index (χ1v) is 11.4. The lowest BCUT2D eigenvalue weighted by Crippen LogP contribution is -2.36. The van der Waals surface area contributed by atoms with Crippen LogP contribution in [-0.4, -0.2) is 30.0 Å². The summed E-state index contributed by atoms with van der Waals surface area (Å²) in [7, 11) is 1.62. The molecule has 2 heterocycles. The summed E-state index contributed by atoms with van der Waals surface area (Å²) in [6, 6.07) is 11.3. The van der Waals surface area contributed by atoms with E-state index in [2.05, 4.69) is 10.6 Å². The van der Waals surface area contributed by atoms with Gasteiger partial charge in [0.15, 0.2) is 0 Å². The van der Waals surface area contributed by atoms with Crippen LogP contribution in [0.5, 0.6) is 5.75 Å². The van der Waals surface area contributed by atoms with E-state index in [1.807, 2.05) is 31.2 Å². The van der Waals surface area contributed by atoms with E-state index in [1.165, 1.54) is 12.4 Å². The number of pyridine rings is 1. The van der Waals surface area contributed by atoms with Gasteiger partial charge in [0, 0.05) is 25.5 Å². The molecule has 8 nitrogen and oxygen atoms in total. The third-order valence-corrected chi connectivity index (χ3v) is 5.85. The first-order chi connectivity index (χ1) is 16.4. The second kappa shape index (κ2) is 10.4. The summed E-state index contributed by atoms with van der Waals surface area (Å²) in [6.45, 7) is 3.00. The topological polar surface area (TPSA) is 103 Å². The van der Waals surface area contributed by atoms with Crippen LogP contribution in [0.25, 0.3) is 0 Å². The van der Waals surface area contributed by atoms with Crippen molar-refractivity contribution in [3.8, 4) is 5.75 Å². The summed E-state index contributed by atoms with van der Waals surface area (Å²) in [6.07, 6.45) is 5.86. The number of rotatable bonds is 10. The number of aryl methyl sites for hydroxylation is 3. The third kappa shape index (κ3) is 5.95. The van der Waals surface area contributed by atoms with Gasteiger partial charge < -0.3 is 24.4 Å². The summed E-state index contributed by atoms with van der Waals surface area (Å²) in [4.78, 5) is 38.7. The molecule has 0 unspecified atom stereocenters. The molecule has 1 fully saturated rings. The van der Waals surface area contributed by atoms with E-state index in [4.69, 9.17) is 9.15 Å². The first-order valence-electron chi connectivity index (χ1n) is 11.4. The van der Waals surface area contributed by atoms with Gasteiger partial charge in [-0.25, -0.2) is 0 Å². The van der Waals surface area contributed by atoms with Crippen molar-refractivity contribution < 1.29 is 18.7 Å². The first kappa shape index (κ1) is 23.4. The Morgan fingerprint density at radius 2 is 1.71 bits per heavy atom. The summed E-state index contributed by atoms with van der Waals surface area (Å²) >= 11 is 0. The Morgan fingerprint density at radius 1 is 1.03 bits per heavy atom. The molecule has 0 bridgehead atoms. The molecule has 2 aromatic heterocycles. The van der Waals surface area contributed by atoms with E-state index in [-0.39, 0.29) is 17.7 Å². The van der Waals surface area contributed by atoms with Crippen LogP contribution in [0.3, 0.4) is 0 Å². The molecule has 1 aromatic carbocycles. The Bertz CT molecular complexity index is 1220. The number of furan rings is 1. The highest BCUT2D eigenvalue weighted by Gasteiger charge is 2.24. The Labute approximate surface area is 197 Å². The van der Waals surface area contributed by atoms with Gasteiger partial charge in [0.25, 0.3) is 11.8 Å². The number of carbonyl (C=O) groups is 2. The SMILES string of the molecule is COc1ccc(CCn2cc(C(=O)NCc3ccc(C)o3)c(=O)c(C(=O)NCC3CC3)c2)cc1. The maximum absolute atomic E-state index is 13.1. The lowest BCUT2D eigenvalue weighted by molar-refractivity contribution is 0.0945. The minimum Gasteiger partial charge on any atom is -0.497 e. The van der Waals surface area contributed by atoms with Crippen molar-refractivity contribution in [3.05, 3.63) is 87.2 Å². The number of methoxy groups -OCH3 is 1. The monoisotopic (exact) mass is 463 g/mol. The number of aromatic nitrogens is 1. The Kier molecular flexibility index (Phi) is 7.15. The second-order valence-corrected chi connectivity index (χ2v) is 8.60. The lowest BCUT2D eigenvalue weighted by atomic mass is 10.1. The molecule has 2 amide bonds. The fraction of sp³-hybridized carbons (Fsp3) is 0.346. The standard InChI is InChI=1S/C26H29N3O5/c1-17-3-8-21(34-17)14-28-26(32)23-16-29(12-11-18-6-9-20(33-2)10-7-18)15-22(24(23)30)25(31)27-13-19-4-5-19/h3,6-10,15-16,19H,4-5,11-14H2,1-2H3,(H,27,31)(H,28,32). The van der Waals surface area contributed by atoms with Crippen molar-refractivity contribution in [2.24, 2.45) is 5.92 Å². The lowest BCUT2D eigenvalue weighted by Gasteiger charge is -2.13. The second-order valence-electron chi connectivity index (χ2n) is 8.60. The Balaban J connectivity index is 1.54. The predicted molar refractivity (Wildman–Crippen MR) is 127 cm³/mol. The summed E-state index contributed by atoms with van der Waals surface area (Å²) in [5, 5.41) is 5.55. The molecule has 0 spiro atoms. The molecule has 1 saturated carbocycles. The average molecular weight is 464 g/mol. The largest absolute Gasteiger partial charge is 0.497 e. The van der Waals surface area contributed by atoms with Crippen LogP contribution in [0.2, 0.25) is 0 Å². The van der Waals surface area contributed by atoms with Crippen molar-refractivity contribution in [2.45, 2.75) is 39.3 Å². The van der Waals surface area contributed by atoms with Crippen LogP contribution in [0, 0.1) is 12.8 Å². The molecule has 0 saturated heterocycles. The summed E-state index contributed by atoms with van der Waals surface area (Å²) in [5.41, 5.74) is 0.384. The van der Waals surface area contributed by atoms with Crippen molar-refractivity contribution >= 4 is 11.8 Å². The molecule has 2 N–H and O–H groups in total. The van der Waals surface area contributed by atoms with E-state index < -0.39 is 17.2 Å². The quantitative estimate of drug-likeness (QED) is 0.481. The van der Waals surface area contributed by atoms with Gasteiger partial charge in [0.05, 0.1) is 13.7 Å². The number of nitrogens with one attached hydrogen (secondary N) is 2. The van der Waals surface area contributed by atoms with Crippen molar-refractivity contribution in [2.75, 3.05) is 13.7 Å². The van der Waals surface area contributed by atoms with E-state index in [0.717, 1.165) is 29.9 Å². The molecule has 34 heavy (non-hydrogen) atoms. The molecular formula is C26H29N3O5. The molecule has 3 aromatic rings. The number of hydrogen-bond acceptors (Lipinski definition) is 5. The van der Waals surface area contributed by atoms with Crippen LogP contribution in [0.4, 0.5) is 0 Å². The molecule has 178 valence electrons. The highest BCUT2D eigenvalue weighted by atomic mass is 16.5. The zero-order valence-corrected chi connectivity index (χ0v) is 19.4. The molecule has 1 aliphatic carbocycles. The highest BCUT2D eigenvalue weighted by Crippen LogP contribution is 2.27. The minimum atomic E-state index is -0.581. The number of ether oxygens (including phenoxy) is 1. The van der Waals surface area contributed by atoms with Crippen molar-refractivity contribution in [1.29, 1.82) is 0 Å². The molecular weight excluding hydrogens is 434 g/mol. The number of nitrogens with zero attached hydrogens (tertiary/aromatic N) is 1. The van der Waals surface area contributed by atoms with Gasteiger partial charge in [-0.3, -0.25) is 14.4 Å². The summed E-state index contributed by atoms with van der Waals surface area (Å²) in [5.74, 6) is 1.57. The fourth-order valence-electron chi connectivity index (χ4n) is 3.63. The molecule has 0 aliphatic heterocycles. The van der Waals surface area contributed by atoms with Gasteiger partial charge in [-0.15, -0.1) is 0 Å². The van der Waals surface area contributed by atoms with E-state index in [1.54, 1.807) is 23.8 Å². The third-order valence-electron chi connectivity index (χ3n) is 5.85. The van der Waals surface area contributed by atoms with Gasteiger partial charge in [0.1, 0.15) is 28.4 Å². The Hall–Kier alpha value is -3.81. The van der Waals surface area contributed by atoms with Gasteiger partial charge in [-0.1, -0.05) is 12.1 Å². The van der Waals surface area contributed by atoms with Crippen LogP contribution < -0.4 is 20.8 Å². The van der Waals surface area contributed by atoms with Gasteiger partial charge in [-0.2, -0.15) is 0 Å². The van der Waals surface area contributed by atoms with Gasteiger partial charge in [-0.05, 0) is 61.9 Å². The maximum atomic E-state index is 13.1. The highest BCUT2D eigenvalue weighted by molar-refractivity contribution is 5.99. The average Bonchev–Trinajstić information content (AvgIpc) is 3.59. The number of benzene rings is 1. The van der Waals surface area contributed by atoms with Gasteiger partial charge in [0.2, 0.25) is 5.43 Å². The van der Waals surface area contributed by atoms with Crippen molar-refractivity contribution in [1.82, 2.24) is 15.2 Å². The summed E-state index contributed by atoms with van der Waals surface area (Å²) < 4.78 is 12.4. The van der Waals surface area contributed by atoms with Crippen LogP contribution in [0.15, 0.2) is 58.0 Å². The molecule has 1 aliphatic rings. The zero-order valence-electron chi connectivity index (χ0n) is 19.4. The molecule has 4 rings (SSSR count). The fourth-order valence-corrected chi connectivity index (χ4v) is 3.63. The number of amides is 2. The molecule has 8 heteroatoms. The predicted octanol–water partition coefficient (Wildman–Crippen LogP) is 3.07.